The van der Waals surface area contributed by atoms with Crippen LogP contribution in [0, 0.1) is 20.8 Å². The van der Waals surface area contributed by atoms with Crippen molar-refractivity contribution in [3.05, 3.63) is 58.7 Å². The second kappa shape index (κ2) is 7.12. The second-order valence-electron chi connectivity index (χ2n) is 5.44. The molecule has 0 aliphatic heterocycles. The highest BCUT2D eigenvalue weighted by Gasteiger charge is 2.32. The Kier molecular flexibility index (Phi) is 5.40. The molecule has 23 heavy (non-hydrogen) atoms. The molecule has 0 amide bonds. The van der Waals surface area contributed by atoms with E-state index in [0.29, 0.717) is 16.6 Å². The first kappa shape index (κ1) is 17.5. The smallest absolute Gasteiger partial charge is 0.411 e. The maximum atomic E-state index is 13.4. The van der Waals surface area contributed by atoms with Crippen LogP contribution in [0.1, 0.15) is 34.0 Å². The molecule has 0 bridgehead atoms. The van der Waals surface area contributed by atoms with Crippen LogP contribution in [-0.2, 0) is 9.09 Å². The Morgan fingerprint density at radius 3 is 2.09 bits per heavy atom. The summed E-state index contributed by atoms with van der Waals surface area (Å²) in [5, 5.41) is 0.601. The Hall–Kier alpha value is -1.90. The van der Waals surface area contributed by atoms with E-state index in [4.69, 9.17) is 9.05 Å². The van der Waals surface area contributed by atoms with Crippen molar-refractivity contribution in [3.63, 3.8) is 0 Å². The average Bonchev–Trinajstić information content (AvgIpc) is 2.47. The molecule has 0 aliphatic rings. The van der Waals surface area contributed by atoms with E-state index in [1.807, 2.05) is 32.9 Å². The first-order valence-corrected chi connectivity index (χ1v) is 9.01. The van der Waals surface area contributed by atoms with Crippen LogP contribution in [0.25, 0.3) is 0 Å². The number of rotatable bonds is 6. The van der Waals surface area contributed by atoms with Crippen molar-refractivity contribution in [1.82, 2.24) is 0 Å². The minimum Gasteiger partial charge on any atom is -0.421 e. The summed E-state index contributed by atoms with van der Waals surface area (Å²) in [4.78, 5) is 10.7. The van der Waals surface area contributed by atoms with E-state index in [1.165, 1.54) is 0 Å². The number of carbonyl (C=O) groups is 1. The summed E-state index contributed by atoms with van der Waals surface area (Å²) in [6.07, 6.45) is 0.750. The van der Waals surface area contributed by atoms with E-state index in [9.17, 15) is 9.36 Å². The topological polar surface area (TPSA) is 52.6 Å². The molecule has 0 radical (unpaired) electrons. The van der Waals surface area contributed by atoms with Gasteiger partial charge < -0.3 is 4.52 Å². The highest BCUT2D eigenvalue weighted by molar-refractivity contribution is 7.62. The van der Waals surface area contributed by atoms with Crippen LogP contribution in [-0.4, -0.2) is 12.9 Å². The van der Waals surface area contributed by atoms with Crippen LogP contribution in [0.2, 0.25) is 0 Å². The normalized spacial score (nSPS) is 13.4. The van der Waals surface area contributed by atoms with Gasteiger partial charge in [0.05, 0.1) is 11.9 Å². The lowest BCUT2D eigenvalue weighted by Crippen LogP contribution is -2.19. The Morgan fingerprint density at radius 2 is 1.61 bits per heavy atom. The van der Waals surface area contributed by atoms with Crippen molar-refractivity contribution >= 4 is 19.2 Å². The summed E-state index contributed by atoms with van der Waals surface area (Å²) in [5.74, 6) is 0.409. The molecule has 0 fully saturated rings. The predicted molar refractivity (Wildman–Crippen MR) is 92.0 cm³/mol. The van der Waals surface area contributed by atoms with E-state index < -0.39 is 7.60 Å². The van der Waals surface area contributed by atoms with E-state index >= 15 is 0 Å². The van der Waals surface area contributed by atoms with Gasteiger partial charge in [0.1, 0.15) is 12.0 Å². The summed E-state index contributed by atoms with van der Waals surface area (Å²) < 4.78 is 24.7. The summed E-state index contributed by atoms with van der Waals surface area (Å²) in [6.45, 7) is 7.86. The van der Waals surface area contributed by atoms with Gasteiger partial charge in [-0.25, -0.2) is 4.57 Å². The first-order chi connectivity index (χ1) is 10.9. The molecule has 0 N–H and O–H groups in total. The lowest BCUT2D eigenvalue weighted by Gasteiger charge is -2.22. The van der Waals surface area contributed by atoms with Gasteiger partial charge in [-0.3, -0.25) is 9.32 Å². The Labute approximate surface area is 137 Å². The fourth-order valence-electron chi connectivity index (χ4n) is 2.66. The van der Waals surface area contributed by atoms with Gasteiger partial charge in [0.25, 0.3) is 0 Å². The van der Waals surface area contributed by atoms with E-state index in [0.717, 1.165) is 23.0 Å². The molecule has 1 atom stereocenters. The molecule has 0 spiro atoms. The maximum Gasteiger partial charge on any atom is 0.411 e. The van der Waals surface area contributed by atoms with Crippen LogP contribution in [0.15, 0.2) is 36.4 Å². The van der Waals surface area contributed by atoms with Crippen molar-refractivity contribution in [2.24, 2.45) is 0 Å². The highest BCUT2D eigenvalue weighted by atomic mass is 31.2. The molecular weight excluding hydrogens is 311 g/mol. The van der Waals surface area contributed by atoms with E-state index in [-0.39, 0.29) is 6.61 Å². The number of aryl methyl sites for hydroxylation is 3. The third-order valence-corrected chi connectivity index (χ3v) is 5.75. The minimum absolute atomic E-state index is 0.274. The van der Waals surface area contributed by atoms with Gasteiger partial charge in [-0.15, -0.1) is 0 Å². The van der Waals surface area contributed by atoms with Crippen LogP contribution in [0.4, 0.5) is 0 Å². The zero-order valence-corrected chi connectivity index (χ0v) is 14.7. The Morgan fingerprint density at radius 1 is 1.04 bits per heavy atom. The van der Waals surface area contributed by atoms with Gasteiger partial charge in [-0.2, -0.15) is 0 Å². The van der Waals surface area contributed by atoms with E-state index in [2.05, 4.69) is 0 Å². The van der Waals surface area contributed by atoms with Crippen molar-refractivity contribution in [2.45, 2.75) is 27.7 Å². The Balaban J connectivity index is 2.46. The molecule has 0 heterocycles. The quantitative estimate of drug-likeness (QED) is 0.583. The number of benzene rings is 2. The standard InChI is InChI=1S/C18H21O4P/c1-5-21-23(20,18-14(3)10-13(2)11-15(18)4)22-17-8-6-16(12-19)7-9-17/h6-12H,5H2,1-4H3. The number of aldehydes is 1. The van der Waals surface area contributed by atoms with Crippen molar-refractivity contribution in [1.29, 1.82) is 0 Å². The predicted octanol–water partition coefficient (Wildman–Crippen LogP) is 4.36. The summed E-state index contributed by atoms with van der Waals surface area (Å²) in [6, 6.07) is 10.4. The molecule has 0 aromatic heterocycles. The van der Waals surface area contributed by atoms with Crippen LogP contribution in [0.3, 0.4) is 0 Å². The minimum atomic E-state index is -3.50. The van der Waals surface area contributed by atoms with Crippen LogP contribution in [0.5, 0.6) is 5.75 Å². The second-order valence-corrected chi connectivity index (χ2v) is 7.32. The van der Waals surface area contributed by atoms with Gasteiger partial charge in [-0.1, -0.05) is 17.7 Å². The third kappa shape index (κ3) is 3.90. The monoisotopic (exact) mass is 332 g/mol. The maximum absolute atomic E-state index is 13.4. The molecule has 0 saturated heterocycles. The van der Waals surface area contributed by atoms with Crippen LogP contribution >= 0.6 is 7.60 Å². The number of hydrogen-bond donors (Lipinski definition) is 0. The molecule has 0 aliphatic carbocycles. The molecule has 5 heteroatoms. The molecular formula is C18H21O4P. The largest absolute Gasteiger partial charge is 0.421 e. The SMILES string of the molecule is CCOP(=O)(Oc1ccc(C=O)cc1)c1c(C)cc(C)cc1C. The molecule has 2 aromatic carbocycles. The zero-order valence-electron chi connectivity index (χ0n) is 13.8. The zero-order chi connectivity index (χ0) is 17.0. The lowest BCUT2D eigenvalue weighted by molar-refractivity contribution is 0.112. The molecule has 0 saturated carbocycles. The third-order valence-electron chi connectivity index (χ3n) is 3.45. The van der Waals surface area contributed by atoms with Gasteiger partial charge >= 0.3 is 7.60 Å². The number of hydrogen-bond acceptors (Lipinski definition) is 4. The van der Waals surface area contributed by atoms with Crippen molar-refractivity contribution in [3.8, 4) is 5.75 Å². The molecule has 2 rings (SSSR count). The first-order valence-electron chi connectivity index (χ1n) is 7.47. The lowest BCUT2D eigenvalue weighted by atomic mass is 10.1. The highest BCUT2D eigenvalue weighted by Crippen LogP contribution is 2.49. The van der Waals surface area contributed by atoms with E-state index in [1.54, 1.807) is 31.2 Å². The number of carbonyl (C=O) groups excluding carboxylic acids is 1. The van der Waals surface area contributed by atoms with Crippen molar-refractivity contribution < 1.29 is 18.4 Å². The van der Waals surface area contributed by atoms with Gasteiger partial charge in [-0.05, 0) is 63.1 Å². The fourth-order valence-corrected chi connectivity index (χ4v) is 4.66. The summed E-state index contributed by atoms with van der Waals surface area (Å²) in [5.41, 5.74) is 3.39. The van der Waals surface area contributed by atoms with Crippen LogP contribution < -0.4 is 9.83 Å². The van der Waals surface area contributed by atoms with Gasteiger partial charge in [0, 0.05) is 5.56 Å². The molecule has 1 unspecified atom stereocenters. The average molecular weight is 332 g/mol. The fraction of sp³-hybridized carbons (Fsp3) is 0.278. The summed E-state index contributed by atoms with van der Waals surface area (Å²) >= 11 is 0. The van der Waals surface area contributed by atoms with Gasteiger partial charge in [0.2, 0.25) is 0 Å². The molecule has 2 aromatic rings. The molecule has 4 nitrogen and oxygen atoms in total. The summed E-state index contributed by atoms with van der Waals surface area (Å²) in [7, 11) is -3.50. The molecule has 122 valence electrons. The van der Waals surface area contributed by atoms with Gasteiger partial charge in [0.15, 0.2) is 0 Å². The Bertz CT molecular complexity index is 727. The van der Waals surface area contributed by atoms with Crippen molar-refractivity contribution in [2.75, 3.05) is 6.61 Å².